The zero-order valence-electron chi connectivity index (χ0n) is 18.3. The van der Waals surface area contributed by atoms with Gasteiger partial charge in [0.1, 0.15) is 17.6 Å². The van der Waals surface area contributed by atoms with E-state index in [2.05, 4.69) is 23.1 Å². The molecule has 4 rings (SSSR count). The molecule has 1 amide bonds. The topological polar surface area (TPSA) is 69.5 Å². The number of nitriles is 1. The number of pyridine rings is 1. The van der Waals surface area contributed by atoms with Crippen LogP contribution in [0.2, 0.25) is 0 Å². The average molecular weight is 405 g/mol. The summed E-state index contributed by atoms with van der Waals surface area (Å²) >= 11 is 0. The summed E-state index contributed by atoms with van der Waals surface area (Å²) in [5.41, 5.74) is 4.85. The van der Waals surface area contributed by atoms with Crippen molar-refractivity contribution in [3.63, 3.8) is 0 Å². The second-order valence-electron chi connectivity index (χ2n) is 8.48. The van der Waals surface area contributed by atoms with E-state index >= 15 is 0 Å². The lowest BCUT2D eigenvalue weighted by atomic mass is 9.89. The summed E-state index contributed by atoms with van der Waals surface area (Å²) < 4.78 is 5.30. The first kappa shape index (κ1) is 20.2. The highest BCUT2D eigenvalue weighted by Gasteiger charge is 2.49. The van der Waals surface area contributed by atoms with Gasteiger partial charge in [0, 0.05) is 44.1 Å². The third kappa shape index (κ3) is 3.19. The summed E-state index contributed by atoms with van der Waals surface area (Å²) in [6.45, 7) is 10.0. The molecule has 0 aliphatic carbocycles. The number of aromatic nitrogens is 1. The van der Waals surface area contributed by atoms with Gasteiger partial charge in [-0.05, 0) is 49.6 Å². The van der Waals surface area contributed by atoms with Crippen molar-refractivity contribution >= 4 is 11.7 Å². The molecule has 1 aromatic heterocycles. The molecule has 30 heavy (non-hydrogen) atoms. The number of aryl methyl sites for hydroxylation is 1. The number of methoxy groups -OCH3 is 1. The summed E-state index contributed by atoms with van der Waals surface area (Å²) in [5, 5.41) is 9.79. The van der Waals surface area contributed by atoms with Crippen molar-refractivity contribution in [1.29, 1.82) is 5.26 Å². The van der Waals surface area contributed by atoms with Crippen molar-refractivity contribution in [2.75, 3.05) is 31.6 Å². The molecule has 3 atom stereocenters. The van der Waals surface area contributed by atoms with Gasteiger partial charge < -0.3 is 14.5 Å². The molecule has 1 aromatic carbocycles. The molecular formula is C24H28N4O2. The van der Waals surface area contributed by atoms with Gasteiger partial charge in [-0.1, -0.05) is 12.1 Å². The molecule has 0 unspecified atom stereocenters. The van der Waals surface area contributed by atoms with Crippen molar-refractivity contribution < 1.29 is 9.53 Å². The Morgan fingerprint density at radius 3 is 2.43 bits per heavy atom. The van der Waals surface area contributed by atoms with Crippen molar-refractivity contribution in [1.82, 2.24) is 9.88 Å². The molecular weight excluding hydrogens is 376 g/mol. The lowest BCUT2D eigenvalue weighted by Crippen LogP contribution is -2.34. The van der Waals surface area contributed by atoms with Crippen molar-refractivity contribution in [2.45, 2.75) is 33.7 Å². The fourth-order valence-electron chi connectivity index (χ4n) is 5.06. The molecule has 156 valence electrons. The molecule has 6 nitrogen and oxygen atoms in total. The van der Waals surface area contributed by atoms with Crippen LogP contribution in [0, 0.1) is 43.9 Å². The number of likely N-dealkylation sites (tertiary alicyclic amines) is 1. The fourth-order valence-corrected chi connectivity index (χ4v) is 5.06. The van der Waals surface area contributed by atoms with Gasteiger partial charge in [0.15, 0.2) is 0 Å². The number of benzene rings is 1. The molecule has 2 saturated heterocycles. The van der Waals surface area contributed by atoms with Gasteiger partial charge >= 0.3 is 0 Å². The summed E-state index contributed by atoms with van der Waals surface area (Å²) in [7, 11) is 1.66. The number of amides is 1. The molecule has 0 radical (unpaired) electrons. The summed E-state index contributed by atoms with van der Waals surface area (Å²) in [6.07, 6.45) is 0. The van der Waals surface area contributed by atoms with E-state index in [9.17, 15) is 10.1 Å². The second-order valence-corrected chi connectivity index (χ2v) is 8.48. The highest BCUT2D eigenvalue weighted by Crippen LogP contribution is 2.46. The summed E-state index contributed by atoms with van der Waals surface area (Å²) in [5.74, 6) is 2.36. The third-order valence-electron chi connectivity index (χ3n) is 6.91. The maximum Gasteiger partial charge on any atom is 0.219 e. The number of fused-ring (bicyclic) bond motifs is 1. The van der Waals surface area contributed by atoms with Crippen LogP contribution in [-0.2, 0) is 4.79 Å². The molecule has 2 fully saturated rings. The van der Waals surface area contributed by atoms with Crippen LogP contribution in [0.3, 0.4) is 0 Å². The van der Waals surface area contributed by atoms with Gasteiger partial charge in [-0.15, -0.1) is 0 Å². The number of carbonyl (C=O) groups is 1. The minimum Gasteiger partial charge on any atom is -0.497 e. The van der Waals surface area contributed by atoms with Crippen LogP contribution in [0.1, 0.15) is 40.9 Å². The zero-order valence-corrected chi connectivity index (χ0v) is 18.3. The number of hydrogen-bond donors (Lipinski definition) is 0. The lowest BCUT2D eigenvalue weighted by molar-refractivity contribution is -0.130. The van der Waals surface area contributed by atoms with E-state index in [-0.39, 0.29) is 11.9 Å². The number of anilines is 1. The largest absolute Gasteiger partial charge is 0.497 e. The molecule has 0 bridgehead atoms. The van der Waals surface area contributed by atoms with Crippen molar-refractivity contribution in [3.8, 4) is 11.8 Å². The number of rotatable bonds is 3. The van der Waals surface area contributed by atoms with Crippen LogP contribution in [0.15, 0.2) is 24.3 Å². The molecule has 2 aliphatic rings. The van der Waals surface area contributed by atoms with Gasteiger partial charge in [-0.3, -0.25) is 4.79 Å². The van der Waals surface area contributed by atoms with E-state index in [1.807, 2.05) is 37.8 Å². The van der Waals surface area contributed by atoms with Gasteiger partial charge in [0.05, 0.1) is 18.7 Å². The SMILES string of the molecule is COc1ccc([C@H]2[C@@H]3CN(c4nc(C)c(C)c(C)c4C#N)C[C@@H]3CN2C(C)=O)cc1. The Morgan fingerprint density at radius 2 is 1.83 bits per heavy atom. The average Bonchev–Trinajstić information content (AvgIpc) is 3.30. The molecule has 0 spiro atoms. The molecule has 2 aliphatic heterocycles. The minimum atomic E-state index is 0.0292. The Hall–Kier alpha value is -3.07. The number of ether oxygens (including phenoxy) is 1. The maximum atomic E-state index is 12.4. The molecule has 0 N–H and O–H groups in total. The summed E-state index contributed by atoms with van der Waals surface area (Å²) in [4.78, 5) is 21.4. The van der Waals surface area contributed by atoms with Crippen LogP contribution in [0.4, 0.5) is 5.82 Å². The highest BCUT2D eigenvalue weighted by molar-refractivity contribution is 5.74. The predicted molar refractivity (Wildman–Crippen MR) is 115 cm³/mol. The Labute approximate surface area is 178 Å². The van der Waals surface area contributed by atoms with Gasteiger partial charge in [-0.25, -0.2) is 4.98 Å². The van der Waals surface area contributed by atoms with Crippen molar-refractivity contribution in [3.05, 3.63) is 52.2 Å². The number of hydrogen-bond acceptors (Lipinski definition) is 5. The highest BCUT2D eigenvalue weighted by atomic mass is 16.5. The quantitative estimate of drug-likeness (QED) is 0.783. The minimum absolute atomic E-state index is 0.0292. The van der Waals surface area contributed by atoms with Crippen LogP contribution < -0.4 is 9.64 Å². The molecule has 0 saturated carbocycles. The van der Waals surface area contributed by atoms with Crippen LogP contribution in [-0.4, -0.2) is 42.5 Å². The second kappa shape index (κ2) is 7.64. The van der Waals surface area contributed by atoms with Gasteiger partial charge in [0.2, 0.25) is 5.91 Å². The predicted octanol–water partition coefficient (Wildman–Crippen LogP) is 3.54. The Kier molecular flexibility index (Phi) is 5.15. The number of nitrogens with zero attached hydrogens (tertiary/aromatic N) is 4. The number of carbonyl (C=O) groups excluding carboxylic acids is 1. The van der Waals surface area contributed by atoms with E-state index in [0.29, 0.717) is 17.4 Å². The van der Waals surface area contributed by atoms with Crippen LogP contribution in [0.5, 0.6) is 5.75 Å². The molecule has 6 heteroatoms. The van der Waals surface area contributed by atoms with Crippen LogP contribution >= 0.6 is 0 Å². The van der Waals surface area contributed by atoms with E-state index in [1.54, 1.807) is 14.0 Å². The smallest absolute Gasteiger partial charge is 0.219 e. The Morgan fingerprint density at radius 1 is 1.13 bits per heavy atom. The first-order valence-corrected chi connectivity index (χ1v) is 10.4. The Balaban J connectivity index is 1.68. The summed E-state index contributed by atoms with van der Waals surface area (Å²) in [6, 6.07) is 10.4. The monoisotopic (exact) mass is 404 g/mol. The first-order chi connectivity index (χ1) is 14.3. The zero-order chi connectivity index (χ0) is 21.6. The standard InChI is InChI=1S/C24H28N4O2/c1-14-15(2)21(10-25)24(26-16(14)3)27-11-19-12-28(17(4)29)23(22(19)13-27)18-6-8-20(30-5)9-7-18/h6-9,19,22-23H,11-13H2,1-5H3/t19-,22-,23+/m1/s1. The van der Waals surface area contributed by atoms with E-state index in [4.69, 9.17) is 9.72 Å². The maximum absolute atomic E-state index is 12.4. The van der Waals surface area contributed by atoms with Gasteiger partial charge in [0.25, 0.3) is 0 Å². The van der Waals surface area contributed by atoms with E-state index < -0.39 is 0 Å². The van der Waals surface area contributed by atoms with Crippen molar-refractivity contribution in [2.24, 2.45) is 11.8 Å². The Bertz CT molecular complexity index is 1020. The molecule has 3 heterocycles. The third-order valence-corrected chi connectivity index (χ3v) is 6.91. The fraction of sp³-hybridized carbons (Fsp3) is 0.458. The molecule has 2 aromatic rings. The first-order valence-electron chi connectivity index (χ1n) is 10.4. The van der Waals surface area contributed by atoms with E-state index in [0.717, 1.165) is 53.6 Å². The lowest BCUT2D eigenvalue weighted by Gasteiger charge is -2.30. The van der Waals surface area contributed by atoms with Crippen LogP contribution in [0.25, 0.3) is 0 Å². The van der Waals surface area contributed by atoms with Gasteiger partial charge in [-0.2, -0.15) is 5.26 Å². The normalized spacial score (nSPS) is 22.7. The van der Waals surface area contributed by atoms with E-state index in [1.165, 1.54) is 0 Å².